The van der Waals surface area contributed by atoms with Gasteiger partial charge < -0.3 is 4.74 Å². The molecule has 0 bridgehead atoms. The van der Waals surface area contributed by atoms with Gasteiger partial charge in [0.15, 0.2) is 0 Å². The molecule has 0 N–H and O–H groups in total. The molecule has 9 heavy (non-hydrogen) atoms. The lowest BCUT2D eigenvalue weighted by Crippen LogP contribution is -1.97. The van der Waals surface area contributed by atoms with Crippen molar-refractivity contribution >= 4 is 23.2 Å². The second-order valence-electron chi connectivity index (χ2n) is 1.70. The Morgan fingerprint density at radius 3 is 1.67 bits per heavy atom. The first kappa shape index (κ1) is 9.54. The number of ether oxygens (including phenoxy) is 1. The zero-order valence-electron chi connectivity index (χ0n) is 5.41. The third kappa shape index (κ3) is 8.54. The SMILES string of the molecule is ClCCCOCCCCl. The van der Waals surface area contributed by atoms with Crippen molar-refractivity contribution in [2.75, 3.05) is 25.0 Å². The highest BCUT2D eigenvalue weighted by Crippen LogP contribution is 1.89. The Hall–Kier alpha value is 0.540. The predicted molar refractivity (Wildman–Crippen MR) is 41.5 cm³/mol. The van der Waals surface area contributed by atoms with E-state index in [-0.39, 0.29) is 0 Å². The molecule has 0 saturated carbocycles. The molecule has 0 heterocycles. The fourth-order valence-corrected chi connectivity index (χ4v) is 0.634. The summed E-state index contributed by atoms with van der Waals surface area (Å²) in [6, 6.07) is 0. The third-order valence-electron chi connectivity index (χ3n) is 0.845. The van der Waals surface area contributed by atoms with E-state index >= 15 is 0 Å². The van der Waals surface area contributed by atoms with Gasteiger partial charge in [-0.1, -0.05) is 0 Å². The maximum absolute atomic E-state index is 5.41. The summed E-state index contributed by atoms with van der Waals surface area (Å²) in [5, 5.41) is 0. The van der Waals surface area contributed by atoms with Crippen molar-refractivity contribution in [3.63, 3.8) is 0 Å². The molecule has 0 fully saturated rings. The highest BCUT2D eigenvalue weighted by molar-refractivity contribution is 6.18. The van der Waals surface area contributed by atoms with Gasteiger partial charge in [0.2, 0.25) is 0 Å². The van der Waals surface area contributed by atoms with Crippen molar-refractivity contribution in [2.24, 2.45) is 0 Å². The van der Waals surface area contributed by atoms with Crippen LogP contribution in [0.4, 0.5) is 0 Å². The van der Waals surface area contributed by atoms with Crippen LogP contribution in [-0.2, 0) is 4.74 Å². The Morgan fingerprint density at radius 2 is 1.33 bits per heavy atom. The Bertz CT molecular complexity index is 44.3. The highest BCUT2D eigenvalue weighted by Gasteiger charge is 1.85. The Balaban J connectivity index is 2.60. The van der Waals surface area contributed by atoms with Gasteiger partial charge in [-0.05, 0) is 12.8 Å². The van der Waals surface area contributed by atoms with Crippen molar-refractivity contribution < 1.29 is 4.74 Å². The van der Waals surface area contributed by atoms with Crippen molar-refractivity contribution in [3.8, 4) is 0 Å². The lowest BCUT2D eigenvalue weighted by Gasteiger charge is -1.98. The predicted octanol–water partition coefficient (Wildman–Crippen LogP) is 2.26. The van der Waals surface area contributed by atoms with Gasteiger partial charge in [0, 0.05) is 25.0 Å². The number of hydrogen-bond donors (Lipinski definition) is 0. The van der Waals surface area contributed by atoms with Gasteiger partial charge in [-0.15, -0.1) is 23.2 Å². The minimum atomic E-state index is 0.681. The third-order valence-corrected chi connectivity index (χ3v) is 1.38. The molecule has 0 atom stereocenters. The summed E-state index contributed by atoms with van der Waals surface area (Å²) >= 11 is 10.8. The van der Waals surface area contributed by atoms with Crippen LogP contribution in [0.5, 0.6) is 0 Å². The molecule has 0 spiro atoms. The summed E-state index contributed by atoms with van der Waals surface area (Å²) in [4.78, 5) is 0. The Morgan fingerprint density at radius 1 is 0.889 bits per heavy atom. The van der Waals surface area contributed by atoms with Gasteiger partial charge in [-0.2, -0.15) is 0 Å². The van der Waals surface area contributed by atoms with E-state index in [1.54, 1.807) is 0 Å². The summed E-state index contributed by atoms with van der Waals surface area (Å²) < 4.78 is 5.15. The lowest BCUT2D eigenvalue weighted by molar-refractivity contribution is 0.136. The van der Waals surface area contributed by atoms with Gasteiger partial charge in [-0.25, -0.2) is 0 Å². The van der Waals surface area contributed by atoms with Crippen LogP contribution in [0.25, 0.3) is 0 Å². The van der Waals surface area contributed by atoms with Crippen LogP contribution in [0.15, 0.2) is 0 Å². The largest absolute Gasteiger partial charge is 0.381 e. The highest BCUT2D eigenvalue weighted by atomic mass is 35.5. The van der Waals surface area contributed by atoms with E-state index in [2.05, 4.69) is 0 Å². The molecule has 0 aromatic carbocycles. The van der Waals surface area contributed by atoms with Crippen LogP contribution in [0, 0.1) is 0 Å². The first-order valence-corrected chi connectivity index (χ1v) is 4.18. The number of rotatable bonds is 6. The van der Waals surface area contributed by atoms with Crippen LogP contribution < -0.4 is 0 Å². The van der Waals surface area contributed by atoms with Crippen LogP contribution in [0.1, 0.15) is 12.8 Å². The Kier molecular flexibility index (Phi) is 9.05. The molecule has 0 aliphatic heterocycles. The fraction of sp³-hybridized carbons (Fsp3) is 1.00. The quantitative estimate of drug-likeness (QED) is 0.440. The minimum absolute atomic E-state index is 0.681. The van der Waals surface area contributed by atoms with E-state index < -0.39 is 0 Å². The number of hydrogen-bond acceptors (Lipinski definition) is 1. The first-order chi connectivity index (χ1) is 4.41. The summed E-state index contributed by atoms with van der Waals surface area (Å²) in [5.74, 6) is 1.36. The zero-order valence-corrected chi connectivity index (χ0v) is 6.92. The second kappa shape index (κ2) is 8.54. The summed E-state index contributed by atoms with van der Waals surface area (Å²) in [6.07, 6.45) is 1.87. The van der Waals surface area contributed by atoms with Gasteiger partial charge in [0.05, 0.1) is 0 Å². The molecule has 0 radical (unpaired) electrons. The van der Waals surface area contributed by atoms with Crippen LogP contribution in [-0.4, -0.2) is 25.0 Å². The summed E-state index contributed by atoms with van der Waals surface area (Å²) in [7, 11) is 0. The number of halogens is 2. The topological polar surface area (TPSA) is 9.23 Å². The molecule has 0 unspecified atom stereocenters. The van der Waals surface area contributed by atoms with Crippen molar-refractivity contribution in [3.05, 3.63) is 0 Å². The average molecular weight is 171 g/mol. The summed E-state index contributed by atoms with van der Waals surface area (Å²) in [6.45, 7) is 1.53. The van der Waals surface area contributed by atoms with E-state index in [4.69, 9.17) is 27.9 Å². The molecular weight excluding hydrogens is 159 g/mol. The van der Waals surface area contributed by atoms with Crippen molar-refractivity contribution in [1.29, 1.82) is 0 Å². The molecule has 0 aliphatic rings. The van der Waals surface area contributed by atoms with Gasteiger partial charge >= 0.3 is 0 Å². The van der Waals surface area contributed by atoms with Crippen LogP contribution in [0.2, 0.25) is 0 Å². The molecule has 0 aliphatic carbocycles. The first-order valence-electron chi connectivity index (χ1n) is 3.11. The molecule has 0 rings (SSSR count). The number of alkyl halides is 2. The van der Waals surface area contributed by atoms with E-state index in [0.29, 0.717) is 11.8 Å². The van der Waals surface area contributed by atoms with Crippen molar-refractivity contribution in [2.45, 2.75) is 12.8 Å². The molecular formula is C6H12Cl2O. The van der Waals surface area contributed by atoms with Crippen molar-refractivity contribution in [1.82, 2.24) is 0 Å². The van der Waals surface area contributed by atoms with E-state index in [0.717, 1.165) is 26.1 Å². The van der Waals surface area contributed by atoms with Gasteiger partial charge in [-0.3, -0.25) is 0 Å². The van der Waals surface area contributed by atoms with Crippen LogP contribution in [0.3, 0.4) is 0 Å². The standard InChI is InChI=1S/C6H12Cl2O/c7-3-1-5-9-6-2-4-8/h1-6H2. The molecule has 3 heteroatoms. The molecule has 0 aromatic heterocycles. The molecule has 1 nitrogen and oxygen atoms in total. The zero-order chi connectivity index (χ0) is 6.95. The fourth-order valence-electron chi connectivity index (χ4n) is 0.415. The second-order valence-corrected chi connectivity index (χ2v) is 2.45. The van der Waals surface area contributed by atoms with E-state index in [1.807, 2.05) is 0 Å². The smallest absolute Gasteiger partial charge is 0.0477 e. The maximum atomic E-state index is 5.41. The molecule has 0 aromatic rings. The van der Waals surface area contributed by atoms with Crippen LogP contribution >= 0.6 is 23.2 Å². The van der Waals surface area contributed by atoms with Gasteiger partial charge in [0.25, 0.3) is 0 Å². The normalized spacial score (nSPS) is 10.0. The maximum Gasteiger partial charge on any atom is 0.0477 e. The lowest BCUT2D eigenvalue weighted by atomic mass is 10.5. The Labute approximate surface area is 66.3 Å². The van der Waals surface area contributed by atoms with E-state index in [1.165, 1.54) is 0 Å². The molecule has 0 amide bonds. The summed E-state index contributed by atoms with van der Waals surface area (Å²) in [5.41, 5.74) is 0. The minimum Gasteiger partial charge on any atom is -0.381 e. The molecule has 56 valence electrons. The van der Waals surface area contributed by atoms with E-state index in [9.17, 15) is 0 Å². The average Bonchev–Trinajstić information content (AvgIpc) is 1.89. The van der Waals surface area contributed by atoms with Gasteiger partial charge in [0.1, 0.15) is 0 Å². The monoisotopic (exact) mass is 170 g/mol. The molecule has 0 saturated heterocycles.